The van der Waals surface area contributed by atoms with Crippen LogP contribution in [0.3, 0.4) is 0 Å². The summed E-state index contributed by atoms with van der Waals surface area (Å²) in [6.45, 7) is 5.28. The maximum absolute atomic E-state index is 10.9. The first-order valence-corrected chi connectivity index (χ1v) is 5.57. The van der Waals surface area contributed by atoms with E-state index in [0.717, 1.165) is 11.3 Å². The summed E-state index contributed by atoms with van der Waals surface area (Å²) in [5.74, 6) is -0.282. The van der Waals surface area contributed by atoms with E-state index in [9.17, 15) is 4.79 Å². The van der Waals surface area contributed by atoms with Gasteiger partial charge in [-0.3, -0.25) is 4.79 Å². The average Bonchev–Trinajstić information content (AvgIpc) is 2.15. The van der Waals surface area contributed by atoms with E-state index in [2.05, 4.69) is 0 Å². The lowest BCUT2D eigenvalue weighted by Gasteiger charge is -2.24. The van der Waals surface area contributed by atoms with Crippen molar-refractivity contribution in [3.8, 4) is 5.75 Å². The number of nitrogens with two attached hydrogens (primary N) is 1. The zero-order valence-electron chi connectivity index (χ0n) is 10.4. The Morgan fingerprint density at radius 3 is 2.76 bits per heavy atom. The SMILES string of the molecule is Cc1cccc(OC(C)CC(C)(N)C(=O)O)c1. The Kier molecular flexibility index (Phi) is 4.12. The molecule has 0 radical (unpaired) electrons. The summed E-state index contributed by atoms with van der Waals surface area (Å²) in [6, 6.07) is 7.63. The molecule has 0 saturated carbocycles. The zero-order chi connectivity index (χ0) is 13.1. The van der Waals surface area contributed by atoms with Crippen LogP contribution in [0.2, 0.25) is 0 Å². The topological polar surface area (TPSA) is 72.5 Å². The molecule has 1 rings (SSSR count). The average molecular weight is 237 g/mol. The third-order valence-corrected chi connectivity index (χ3v) is 2.53. The van der Waals surface area contributed by atoms with Gasteiger partial charge in [0.2, 0.25) is 0 Å². The van der Waals surface area contributed by atoms with Crippen molar-refractivity contribution in [1.82, 2.24) is 0 Å². The van der Waals surface area contributed by atoms with E-state index in [4.69, 9.17) is 15.6 Å². The molecule has 2 unspecified atom stereocenters. The van der Waals surface area contributed by atoms with E-state index in [0.29, 0.717) is 0 Å². The van der Waals surface area contributed by atoms with Gasteiger partial charge in [-0.2, -0.15) is 0 Å². The molecule has 94 valence electrons. The highest BCUT2D eigenvalue weighted by atomic mass is 16.5. The van der Waals surface area contributed by atoms with Crippen LogP contribution in [0.25, 0.3) is 0 Å². The molecule has 0 aliphatic carbocycles. The van der Waals surface area contributed by atoms with Gasteiger partial charge in [0.05, 0.1) is 6.10 Å². The lowest BCUT2D eigenvalue weighted by atomic mass is 9.96. The van der Waals surface area contributed by atoms with Gasteiger partial charge in [-0.15, -0.1) is 0 Å². The minimum atomic E-state index is -1.26. The number of ether oxygens (including phenoxy) is 1. The van der Waals surface area contributed by atoms with Gasteiger partial charge in [0, 0.05) is 6.42 Å². The minimum absolute atomic E-state index is 0.247. The van der Waals surface area contributed by atoms with Crippen LogP contribution in [0.1, 0.15) is 25.8 Å². The normalized spacial score (nSPS) is 16.0. The van der Waals surface area contributed by atoms with Gasteiger partial charge in [0.25, 0.3) is 0 Å². The van der Waals surface area contributed by atoms with Crippen LogP contribution in [-0.4, -0.2) is 22.7 Å². The molecule has 0 heterocycles. The van der Waals surface area contributed by atoms with Crippen LogP contribution in [0, 0.1) is 6.92 Å². The number of carbonyl (C=O) groups is 1. The summed E-state index contributed by atoms with van der Waals surface area (Å²) in [7, 11) is 0. The first kappa shape index (κ1) is 13.5. The zero-order valence-corrected chi connectivity index (χ0v) is 10.4. The molecule has 4 heteroatoms. The van der Waals surface area contributed by atoms with E-state index in [1.807, 2.05) is 38.1 Å². The van der Waals surface area contributed by atoms with Crippen LogP contribution in [-0.2, 0) is 4.79 Å². The number of rotatable bonds is 5. The maximum Gasteiger partial charge on any atom is 0.323 e. The molecule has 17 heavy (non-hydrogen) atoms. The molecule has 0 aliphatic heterocycles. The van der Waals surface area contributed by atoms with Gasteiger partial charge >= 0.3 is 5.97 Å². The largest absolute Gasteiger partial charge is 0.491 e. The van der Waals surface area contributed by atoms with Crippen LogP contribution in [0.5, 0.6) is 5.75 Å². The highest BCUT2D eigenvalue weighted by molar-refractivity contribution is 5.77. The third kappa shape index (κ3) is 4.07. The quantitative estimate of drug-likeness (QED) is 0.821. The predicted molar refractivity (Wildman–Crippen MR) is 66.1 cm³/mol. The Bertz CT molecular complexity index is 401. The summed E-state index contributed by atoms with van der Waals surface area (Å²) in [4.78, 5) is 10.9. The van der Waals surface area contributed by atoms with Crippen molar-refractivity contribution in [2.24, 2.45) is 5.73 Å². The lowest BCUT2D eigenvalue weighted by molar-refractivity contribution is -0.143. The van der Waals surface area contributed by atoms with Gasteiger partial charge in [-0.25, -0.2) is 0 Å². The molecule has 2 atom stereocenters. The Hall–Kier alpha value is -1.55. The van der Waals surface area contributed by atoms with Crippen molar-refractivity contribution in [3.05, 3.63) is 29.8 Å². The van der Waals surface area contributed by atoms with Crippen molar-refractivity contribution in [3.63, 3.8) is 0 Å². The molecule has 0 spiro atoms. The second-order valence-electron chi connectivity index (χ2n) is 4.67. The number of carboxylic acid groups (broad SMARTS) is 1. The van der Waals surface area contributed by atoms with E-state index < -0.39 is 11.5 Å². The first-order chi connectivity index (χ1) is 7.81. The van der Waals surface area contributed by atoms with Gasteiger partial charge in [-0.1, -0.05) is 12.1 Å². The molecule has 0 saturated heterocycles. The number of aryl methyl sites for hydroxylation is 1. The van der Waals surface area contributed by atoms with Crippen molar-refractivity contribution in [2.45, 2.75) is 38.8 Å². The molecule has 3 N–H and O–H groups in total. The summed E-state index contributed by atoms with van der Waals surface area (Å²) in [5.41, 5.74) is 5.50. The molecule has 4 nitrogen and oxygen atoms in total. The molecule has 0 aliphatic rings. The molecule has 0 aromatic heterocycles. The minimum Gasteiger partial charge on any atom is -0.491 e. The van der Waals surface area contributed by atoms with Crippen LogP contribution >= 0.6 is 0 Å². The first-order valence-electron chi connectivity index (χ1n) is 5.57. The second kappa shape index (κ2) is 5.19. The molecule has 0 bridgehead atoms. The fraction of sp³-hybridized carbons (Fsp3) is 0.462. The number of benzene rings is 1. The summed E-state index contributed by atoms with van der Waals surface area (Å²) >= 11 is 0. The Morgan fingerprint density at radius 2 is 2.24 bits per heavy atom. The van der Waals surface area contributed by atoms with E-state index in [-0.39, 0.29) is 12.5 Å². The van der Waals surface area contributed by atoms with Crippen LogP contribution in [0.15, 0.2) is 24.3 Å². The summed E-state index contributed by atoms with van der Waals surface area (Å²) in [6.07, 6.45) is 0.0129. The number of hydrogen-bond acceptors (Lipinski definition) is 3. The second-order valence-corrected chi connectivity index (χ2v) is 4.67. The smallest absolute Gasteiger partial charge is 0.323 e. The van der Waals surface area contributed by atoms with Gasteiger partial charge in [-0.05, 0) is 38.5 Å². The Morgan fingerprint density at radius 1 is 1.59 bits per heavy atom. The predicted octanol–water partition coefficient (Wildman–Crippen LogP) is 1.95. The lowest BCUT2D eigenvalue weighted by Crippen LogP contribution is -2.47. The summed E-state index contributed by atoms with van der Waals surface area (Å²) < 4.78 is 5.64. The number of hydrogen-bond donors (Lipinski definition) is 2. The van der Waals surface area contributed by atoms with Crippen molar-refractivity contribution in [2.75, 3.05) is 0 Å². The number of aliphatic carboxylic acids is 1. The Balaban J connectivity index is 2.61. The van der Waals surface area contributed by atoms with Crippen molar-refractivity contribution >= 4 is 5.97 Å². The highest BCUT2D eigenvalue weighted by Crippen LogP contribution is 2.18. The monoisotopic (exact) mass is 237 g/mol. The molecular weight excluding hydrogens is 218 g/mol. The highest BCUT2D eigenvalue weighted by Gasteiger charge is 2.30. The van der Waals surface area contributed by atoms with Gasteiger partial charge < -0.3 is 15.6 Å². The van der Waals surface area contributed by atoms with E-state index in [1.165, 1.54) is 6.92 Å². The molecular formula is C13H19NO3. The van der Waals surface area contributed by atoms with E-state index in [1.54, 1.807) is 0 Å². The third-order valence-electron chi connectivity index (χ3n) is 2.53. The van der Waals surface area contributed by atoms with Crippen LogP contribution in [0.4, 0.5) is 0 Å². The molecule has 1 aromatic carbocycles. The maximum atomic E-state index is 10.9. The van der Waals surface area contributed by atoms with Crippen LogP contribution < -0.4 is 10.5 Å². The van der Waals surface area contributed by atoms with E-state index >= 15 is 0 Å². The fourth-order valence-electron chi connectivity index (χ4n) is 1.65. The molecule has 0 fully saturated rings. The Labute approximate surface area is 101 Å². The standard InChI is InChI=1S/C13H19NO3/c1-9-5-4-6-11(7-9)17-10(2)8-13(3,14)12(15)16/h4-7,10H,8,14H2,1-3H3,(H,15,16). The van der Waals surface area contributed by atoms with Crippen molar-refractivity contribution in [1.29, 1.82) is 0 Å². The fourth-order valence-corrected chi connectivity index (χ4v) is 1.65. The number of carboxylic acids is 1. The summed E-state index contributed by atoms with van der Waals surface area (Å²) in [5, 5.41) is 8.92. The molecule has 1 aromatic rings. The van der Waals surface area contributed by atoms with Crippen molar-refractivity contribution < 1.29 is 14.6 Å². The van der Waals surface area contributed by atoms with Gasteiger partial charge in [0.15, 0.2) is 0 Å². The molecule has 0 amide bonds. The van der Waals surface area contributed by atoms with Gasteiger partial charge in [0.1, 0.15) is 11.3 Å².